The second-order valence-electron chi connectivity index (χ2n) is 6.88. The van der Waals surface area contributed by atoms with Crippen LogP contribution in [0.2, 0.25) is 0 Å². The van der Waals surface area contributed by atoms with Gasteiger partial charge in [0.1, 0.15) is 5.75 Å². The van der Waals surface area contributed by atoms with Crippen molar-refractivity contribution in [2.45, 2.75) is 24.7 Å². The molecule has 0 bridgehead atoms. The van der Waals surface area contributed by atoms with E-state index in [4.69, 9.17) is 0 Å². The van der Waals surface area contributed by atoms with Crippen molar-refractivity contribution in [2.75, 3.05) is 26.2 Å². The molecule has 1 aromatic carbocycles. The number of fused-ring (bicyclic) bond motifs is 1. The molecule has 3 aliphatic rings. The van der Waals surface area contributed by atoms with Crippen LogP contribution in [-0.4, -0.2) is 60.3 Å². The van der Waals surface area contributed by atoms with Crippen molar-refractivity contribution in [2.24, 2.45) is 5.92 Å². The molecule has 6 nitrogen and oxygen atoms in total. The maximum atomic E-state index is 12.7. The molecule has 0 spiro atoms. The average molecular weight is 369 g/mol. The minimum atomic E-state index is -4.71. The summed E-state index contributed by atoms with van der Waals surface area (Å²) in [5.74, 6) is -0.311. The van der Waals surface area contributed by atoms with E-state index in [1.165, 1.54) is 12.1 Å². The van der Waals surface area contributed by atoms with Crippen LogP contribution in [0.15, 0.2) is 24.3 Å². The van der Waals surface area contributed by atoms with Gasteiger partial charge >= 0.3 is 12.4 Å². The van der Waals surface area contributed by atoms with Crippen LogP contribution in [0, 0.1) is 5.92 Å². The van der Waals surface area contributed by atoms with Crippen molar-refractivity contribution in [1.82, 2.24) is 15.1 Å². The first-order chi connectivity index (χ1) is 12.3. The normalized spacial score (nSPS) is 27.8. The molecule has 26 heavy (non-hydrogen) atoms. The van der Waals surface area contributed by atoms with Crippen molar-refractivity contribution in [3.63, 3.8) is 0 Å². The first-order valence-electron chi connectivity index (χ1n) is 8.51. The molecule has 140 valence electrons. The third-order valence-corrected chi connectivity index (χ3v) is 5.19. The first-order valence-corrected chi connectivity index (χ1v) is 8.51. The maximum Gasteiger partial charge on any atom is 0.573 e. The fourth-order valence-corrected chi connectivity index (χ4v) is 3.79. The van der Waals surface area contributed by atoms with Crippen LogP contribution in [0.4, 0.5) is 18.0 Å². The van der Waals surface area contributed by atoms with Gasteiger partial charge in [-0.3, -0.25) is 4.79 Å². The topological polar surface area (TPSA) is 61.9 Å². The second kappa shape index (κ2) is 6.07. The monoisotopic (exact) mass is 369 g/mol. The fourth-order valence-electron chi connectivity index (χ4n) is 3.79. The number of rotatable bonds is 3. The van der Waals surface area contributed by atoms with Gasteiger partial charge in [0, 0.05) is 32.1 Å². The Morgan fingerprint density at radius 3 is 2.62 bits per heavy atom. The molecule has 1 aliphatic carbocycles. The molecule has 1 aromatic rings. The third kappa shape index (κ3) is 3.30. The molecule has 1 saturated carbocycles. The third-order valence-electron chi connectivity index (χ3n) is 5.19. The lowest BCUT2D eigenvalue weighted by Gasteiger charge is -2.36. The summed E-state index contributed by atoms with van der Waals surface area (Å²) in [6.07, 6.45) is -4.02. The Morgan fingerprint density at radius 1 is 1.19 bits per heavy atom. The zero-order valence-corrected chi connectivity index (χ0v) is 13.8. The largest absolute Gasteiger partial charge is 0.573 e. The van der Waals surface area contributed by atoms with E-state index in [1.807, 2.05) is 0 Å². The highest BCUT2D eigenvalue weighted by atomic mass is 19.4. The minimum Gasteiger partial charge on any atom is -0.406 e. The van der Waals surface area contributed by atoms with Gasteiger partial charge < -0.3 is 19.9 Å². The number of halogens is 3. The predicted molar refractivity (Wildman–Crippen MR) is 84.4 cm³/mol. The van der Waals surface area contributed by atoms with E-state index in [0.29, 0.717) is 32.6 Å². The number of urea groups is 1. The van der Waals surface area contributed by atoms with Crippen molar-refractivity contribution in [3.8, 4) is 5.75 Å². The lowest BCUT2D eigenvalue weighted by molar-refractivity contribution is -0.274. The molecule has 4 rings (SSSR count). The molecule has 0 unspecified atom stereocenters. The van der Waals surface area contributed by atoms with E-state index in [2.05, 4.69) is 10.1 Å². The quantitative estimate of drug-likeness (QED) is 0.886. The Bertz CT molecular complexity index is 722. The van der Waals surface area contributed by atoms with Crippen LogP contribution in [-0.2, 0) is 4.79 Å². The zero-order chi connectivity index (χ0) is 18.5. The lowest BCUT2D eigenvalue weighted by Crippen LogP contribution is -2.54. The number of nitrogens with one attached hydrogen (secondary N) is 1. The fraction of sp³-hybridized carbons (Fsp3) is 0.529. The Labute approximate surface area is 147 Å². The molecule has 3 atom stereocenters. The van der Waals surface area contributed by atoms with Crippen molar-refractivity contribution < 1.29 is 27.5 Å². The summed E-state index contributed by atoms with van der Waals surface area (Å²) in [4.78, 5) is 27.9. The summed E-state index contributed by atoms with van der Waals surface area (Å²) in [6, 6.07) is 5.66. The predicted octanol–water partition coefficient (Wildman–Crippen LogP) is 1.92. The number of piperazine rings is 1. The molecule has 0 radical (unpaired) electrons. The molecule has 1 N–H and O–H groups in total. The van der Waals surface area contributed by atoms with Gasteiger partial charge in [0.05, 0.1) is 6.04 Å². The smallest absolute Gasteiger partial charge is 0.406 e. The SMILES string of the molecule is O=C([C@@H]1C[C@@H]1c1ccc(OC(F)(F)F)cc1)N1CCN2C(=O)NC[C@H]2C1. The van der Waals surface area contributed by atoms with E-state index in [1.54, 1.807) is 21.9 Å². The summed E-state index contributed by atoms with van der Waals surface area (Å²) in [5.41, 5.74) is 0.842. The summed E-state index contributed by atoms with van der Waals surface area (Å²) in [5, 5.41) is 2.78. The minimum absolute atomic E-state index is 0.0243. The van der Waals surface area contributed by atoms with Gasteiger partial charge in [-0.15, -0.1) is 13.2 Å². The van der Waals surface area contributed by atoms with Gasteiger partial charge in [-0.25, -0.2) is 4.79 Å². The molecule has 3 amide bonds. The number of alkyl halides is 3. The van der Waals surface area contributed by atoms with E-state index in [0.717, 1.165) is 5.56 Å². The lowest BCUT2D eigenvalue weighted by atomic mass is 10.1. The van der Waals surface area contributed by atoms with Crippen molar-refractivity contribution in [1.29, 1.82) is 0 Å². The number of amides is 3. The Hall–Kier alpha value is -2.45. The van der Waals surface area contributed by atoms with Crippen LogP contribution in [0.5, 0.6) is 5.75 Å². The van der Waals surface area contributed by atoms with E-state index < -0.39 is 6.36 Å². The Balaban J connectivity index is 1.35. The molecular formula is C17H18F3N3O3. The average Bonchev–Trinajstić information content (AvgIpc) is 3.31. The second-order valence-corrected chi connectivity index (χ2v) is 6.88. The van der Waals surface area contributed by atoms with Gasteiger partial charge in [-0.1, -0.05) is 12.1 Å². The standard InChI is InChI=1S/C17H18F3N3O3/c18-17(19,20)26-12-3-1-10(2-4-12)13-7-14(13)15(24)22-5-6-23-11(9-22)8-21-16(23)25/h1-4,11,13-14H,5-9H2,(H,21,25)/t11-,13+,14+/m0/s1. The van der Waals surface area contributed by atoms with Crippen molar-refractivity contribution >= 4 is 11.9 Å². The summed E-state index contributed by atoms with van der Waals surface area (Å²) in [6.45, 7) is 2.13. The van der Waals surface area contributed by atoms with Crippen LogP contribution in [0.3, 0.4) is 0 Å². The number of ether oxygens (including phenoxy) is 1. The molecule has 0 aromatic heterocycles. The highest BCUT2D eigenvalue weighted by molar-refractivity contribution is 5.84. The van der Waals surface area contributed by atoms with Gasteiger partial charge in [-0.2, -0.15) is 0 Å². The molecule has 3 fully saturated rings. The van der Waals surface area contributed by atoms with Crippen LogP contribution >= 0.6 is 0 Å². The highest BCUT2D eigenvalue weighted by Gasteiger charge is 2.47. The summed E-state index contributed by atoms with van der Waals surface area (Å²) in [7, 11) is 0. The first kappa shape index (κ1) is 17.0. The number of hydrogen-bond donors (Lipinski definition) is 1. The molecule has 2 heterocycles. The molecular weight excluding hydrogens is 351 g/mol. The number of carbonyl (C=O) groups excluding carboxylic acids is 2. The van der Waals surface area contributed by atoms with Gasteiger partial charge in [-0.05, 0) is 30.0 Å². The van der Waals surface area contributed by atoms with Gasteiger partial charge in [0.15, 0.2) is 0 Å². The molecule has 2 aliphatic heterocycles. The van der Waals surface area contributed by atoms with Gasteiger partial charge in [0.25, 0.3) is 0 Å². The zero-order valence-electron chi connectivity index (χ0n) is 13.8. The summed E-state index contributed by atoms with van der Waals surface area (Å²) >= 11 is 0. The number of hydrogen-bond acceptors (Lipinski definition) is 3. The van der Waals surface area contributed by atoms with E-state index in [-0.39, 0.29) is 35.6 Å². The van der Waals surface area contributed by atoms with Crippen LogP contribution in [0.1, 0.15) is 17.9 Å². The van der Waals surface area contributed by atoms with Crippen molar-refractivity contribution in [3.05, 3.63) is 29.8 Å². The number of carbonyl (C=O) groups is 2. The number of nitrogens with zero attached hydrogens (tertiary/aromatic N) is 2. The van der Waals surface area contributed by atoms with E-state index >= 15 is 0 Å². The Morgan fingerprint density at radius 2 is 1.92 bits per heavy atom. The maximum absolute atomic E-state index is 12.7. The molecule has 2 saturated heterocycles. The van der Waals surface area contributed by atoms with Gasteiger partial charge in [0.2, 0.25) is 5.91 Å². The summed E-state index contributed by atoms with van der Waals surface area (Å²) < 4.78 is 40.5. The highest BCUT2D eigenvalue weighted by Crippen LogP contribution is 2.49. The number of benzene rings is 1. The van der Waals surface area contributed by atoms with E-state index in [9.17, 15) is 22.8 Å². The van der Waals surface area contributed by atoms with Crippen LogP contribution in [0.25, 0.3) is 0 Å². The van der Waals surface area contributed by atoms with Crippen LogP contribution < -0.4 is 10.1 Å². The Kier molecular flexibility index (Phi) is 3.96. The molecule has 9 heteroatoms.